The van der Waals surface area contributed by atoms with Crippen molar-refractivity contribution in [2.75, 3.05) is 0 Å². The van der Waals surface area contributed by atoms with Crippen molar-refractivity contribution < 1.29 is 4.42 Å². The third-order valence-electron chi connectivity index (χ3n) is 4.69. The number of fused-ring (bicyclic) bond motifs is 2. The van der Waals surface area contributed by atoms with Crippen LogP contribution in [-0.4, -0.2) is 0 Å². The number of hydrogen-bond acceptors (Lipinski definition) is 2. The number of nitrogens with two attached hydrogens (primary N) is 1. The van der Waals surface area contributed by atoms with Crippen molar-refractivity contribution in [3.63, 3.8) is 0 Å². The van der Waals surface area contributed by atoms with Gasteiger partial charge in [-0.2, -0.15) is 0 Å². The van der Waals surface area contributed by atoms with Crippen LogP contribution in [0.25, 0.3) is 0 Å². The fourth-order valence-electron chi connectivity index (χ4n) is 3.95. The van der Waals surface area contributed by atoms with Gasteiger partial charge in [-0.1, -0.05) is 6.42 Å². The molecular formula is C14H21NO. The normalized spacial score (nSPS) is 34.6. The standard InChI is InChI=1S/C14H21NO/c1-8-5-12(9(2)16-8)14(15)13-7-10-3-4-11(13)6-10/h5,10-11,13-14H,3-4,6-7,15H2,1-2H3. The summed E-state index contributed by atoms with van der Waals surface area (Å²) in [6.07, 6.45) is 5.61. The quantitative estimate of drug-likeness (QED) is 0.828. The molecule has 0 radical (unpaired) electrons. The van der Waals surface area contributed by atoms with E-state index < -0.39 is 0 Å². The van der Waals surface area contributed by atoms with Gasteiger partial charge < -0.3 is 10.2 Å². The molecule has 0 spiro atoms. The summed E-state index contributed by atoms with van der Waals surface area (Å²) in [5.41, 5.74) is 7.69. The smallest absolute Gasteiger partial charge is 0.105 e. The SMILES string of the molecule is Cc1cc(C(N)C2CC3CCC2C3)c(C)o1. The fraction of sp³-hybridized carbons (Fsp3) is 0.714. The van der Waals surface area contributed by atoms with E-state index in [4.69, 9.17) is 10.2 Å². The van der Waals surface area contributed by atoms with E-state index in [1.807, 2.05) is 13.8 Å². The Bertz CT molecular complexity index is 395. The molecule has 2 fully saturated rings. The van der Waals surface area contributed by atoms with Crippen LogP contribution in [0, 0.1) is 31.6 Å². The van der Waals surface area contributed by atoms with E-state index in [0.717, 1.165) is 23.4 Å². The van der Waals surface area contributed by atoms with Crippen LogP contribution in [0.2, 0.25) is 0 Å². The van der Waals surface area contributed by atoms with Gasteiger partial charge in [-0.25, -0.2) is 0 Å². The molecule has 2 bridgehead atoms. The van der Waals surface area contributed by atoms with Crippen molar-refractivity contribution in [3.8, 4) is 0 Å². The first-order valence-corrected chi connectivity index (χ1v) is 6.47. The molecule has 2 saturated carbocycles. The van der Waals surface area contributed by atoms with E-state index in [9.17, 15) is 0 Å². The van der Waals surface area contributed by atoms with Gasteiger partial charge in [0.15, 0.2) is 0 Å². The van der Waals surface area contributed by atoms with Gasteiger partial charge in [-0.05, 0) is 56.9 Å². The van der Waals surface area contributed by atoms with E-state index in [1.165, 1.54) is 31.2 Å². The molecule has 88 valence electrons. The number of hydrogen-bond donors (Lipinski definition) is 1. The maximum absolute atomic E-state index is 6.44. The molecule has 1 aromatic heterocycles. The Hall–Kier alpha value is -0.760. The van der Waals surface area contributed by atoms with E-state index >= 15 is 0 Å². The highest BCUT2D eigenvalue weighted by molar-refractivity contribution is 5.25. The molecule has 2 aliphatic carbocycles. The zero-order valence-electron chi connectivity index (χ0n) is 10.2. The van der Waals surface area contributed by atoms with Crippen LogP contribution < -0.4 is 5.73 Å². The zero-order valence-corrected chi connectivity index (χ0v) is 10.2. The number of furan rings is 1. The largest absolute Gasteiger partial charge is 0.466 e. The van der Waals surface area contributed by atoms with E-state index in [-0.39, 0.29) is 6.04 Å². The molecule has 0 amide bonds. The number of aryl methyl sites for hydroxylation is 2. The van der Waals surface area contributed by atoms with Crippen molar-refractivity contribution in [1.82, 2.24) is 0 Å². The van der Waals surface area contributed by atoms with Crippen LogP contribution in [-0.2, 0) is 0 Å². The highest BCUT2D eigenvalue weighted by Crippen LogP contribution is 2.52. The Balaban J connectivity index is 1.82. The second-order valence-corrected chi connectivity index (χ2v) is 5.73. The molecule has 4 unspecified atom stereocenters. The summed E-state index contributed by atoms with van der Waals surface area (Å²) >= 11 is 0. The molecular weight excluding hydrogens is 198 g/mol. The molecule has 1 heterocycles. The van der Waals surface area contributed by atoms with E-state index in [2.05, 4.69) is 6.07 Å². The van der Waals surface area contributed by atoms with Gasteiger partial charge in [0.25, 0.3) is 0 Å². The van der Waals surface area contributed by atoms with Gasteiger partial charge in [0.1, 0.15) is 11.5 Å². The summed E-state index contributed by atoms with van der Waals surface area (Å²) in [7, 11) is 0. The second-order valence-electron chi connectivity index (χ2n) is 5.73. The minimum Gasteiger partial charge on any atom is -0.466 e. The second kappa shape index (κ2) is 3.63. The van der Waals surface area contributed by atoms with Gasteiger partial charge in [0, 0.05) is 11.6 Å². The molecule has 4 atom stereocenters. The lowest BCUT2D eigenvalue weighted by molar-refractivity contribution is 0.282. The maximum Gasteiger partial charge on any atom is 0.105 e. The monoisotopic (exact) mass is 219 g/mol. The minimum absolute atomic E-state index is 0.202. The lowest BCUT2D eigenvalue weighted by Crippen LogP contribution is -2.26. The summed E-state index contributed by atoms with van der Waals surface area (Å²) in [6, 6.07) is 2.33. The van der Waals surface area contributed by atoms with Crippen LogP contribution in [0.5, 0.6) is 0 Å². The topological polar surface area (TPSA) is 39.2 Å². The van der Waals surface area contributed by atoms with Gasteiger partial charge >= 0.3 is 0 Å². The highest BCUT2D eigenvalue weighted by atomic mass is 16.3. The summed E-state index contributed by atoms with van der Waals surface area (Å²) in [5.74, 6) is 4.57. The summed E-state index contributed by atoms with van der Waals surface area (Å²) < 4.78 is 5.60. The molecule has 0 aliphatic heterocycles. The zero-order chi connectivity index (χ0) is 11.3. The molecule has 2 aliphatic rings. The Kier molecular flexibility index (Phi) is 2.36. The van der Waals surface area contributed by atoms with E-state index in [1.54, 1.807) is 0 Å². The third kappa shape index (κ3) is 1.51. The molecule has 16 heavy (non-hydrogen) atoms. The number of rotatable bonds is 2. The van der Waals surface area contributed by atoms with Crippen LogP contribution in [0.3, 0.4) is 0 Å². The van der Waals surface area contributed by atoms with Crippen LogP contribution in [0.15, 0.2) is 10.5 Å². The van der Waals surface area contributed by atoms with E-state index in [0.29, 0.717) is 5.92 Å². The predicted octanol–water partition coefficient (Wildman–Crippen LogP) is 3.33. The molecule has 3 rings (SSSR count). The fourth-order valence-corrected chi connectivity index (χ4v) is 3.95. The van der Waals surface area contributed by atoms with Crippen molar-refractivity contribution in [1.29, 1.82) is 0 Å². The first kappa shape index (κ1) is 10.4. The molecule has 0 aromatic carbocycles. The Labute approximate surface area is 97.2 Å². The highest BCUT2D eigenvalue weighted by Gasteiger charge is 2.42. The van der Waals surface area contributed by atoms with Gasteiger partial charge in [0.05, 0.1) is 0 Å². The Morgan fingerprint density at radius 1 is 1.31 bits per heavy atom. The third-order valence-corrected chi connectivity index (χ3v) is 4.69. The molecule has 2 nitrogen and oxygen atoms in total. The Morgan fingerprint density at radius 3 is 2.62 bits per heavy atom. The van der Waals surface area contributed by atoms with Crippen molar-refractivity contribution >= 4 is 0 Å². The van der Waals surface area contributed by atoms with Crippen molar-refractivity contribution in [3.05, 3.63) is 23.2 Å². The van der Waals surface area contributed by atoms with Crippen molar-refractivity contribution in [2.24, 2.45) is 23.5 Å². The van der Waals surface area contributed by atoms with Crippen LogP contribution in [0.1, 0.15) is 48.8 Å². The molecule has 2 heteroatoms. The first-order valence-electron chi connectivity index (χ1n) is 6.47. The van der Waals surface area contributed by atoms with Gasteiger partial charge in [-0.15, -0.1) is 0 Å². The Morgan fingerprint density at radius 2 is 2.12 bits per heavy atom. The average Bonchev–Trinajstić information content (AvgIpc) is 2.91. The summed E-state index contributed by atoms with van der Waals surface area (Å²) in [5, 5.41) is 0. The first-order chi connectivity index (χ1) is 7.65. The summed E-state index contributed by atoms with van der Waals surface area (Å²) in [6.45, 7) is 4.04. The van der Waals surface area contributed by atoms with Gasteiger partial charge in [0.2, 0.25) is 0 Å². The minimum atomic E-state index is 0.202. The molecule has 2 N–H and O–H groups in total. The molecule has 1 aromatic rings. The van der Waals surface area contributed by atoms with Gasteiger partial charge in [-0.3, -0.25) is 0 Å². The lowest BCUT2D eigenvalue weighted by atomic mass is 9.81. The lowest BCUT2D eigenvalue weighted by Gasteiger charge is -2.27. The van der Waals surface area contributed by atoms with Crippen LogP contribution in [0.4, 0.5) is 0 Å². The summed E-state index contributed by atoms with van der Waals surface area (Å²) in [4.78, 5) is 0. The maximum atomic E-state index is 6.44. The average molecular weight is 219 g/mol. The molecule has 0 saturated heterocycles. The predicted molar refractivity (Wildman–Crippen MR) is 64.0 cm³/mol. The van der Waals surface area contributed by atoms with Crippen LogP contribution >= 0.6 is 0 Å². The van der Waals surface area contributed by atoms with Crippen molar-refractivity contribution in [2.45, 2.75) is 45.6 Å².